The van der Waals surface area contributed by atoms with Gasteiger partial charge in [0.05, 0.1) is 12.7 Å². The van der Waals surface area contributed by atoms with Crippen LogP contribution in [0.3, 0.4) is 0 Å². The molecule has 1 saturated heterocycles. The van der Waals surface area contributed by atoms with Crippen molar-refractivity contribution in [2.24, 2.45) is 0 Å². The second-order valence-electron chi connectivity index (χ2n) is 6.07. The van der Waals surface area contributed by atoms with Crippen LogP contribution in [0.15, 0.2) is 42.5 Å². The fourth-order valence-corrected chi connectivity index (χ4v) is 2.87. The maximum atomic E-state index is 13.2. The standard InChI is InChI=1S/C19H19F2N3O3/c1-27-18(25)13-2-5-15(6-3-13)23-8-10-24(11-9-23)19(26)22-14-4-7-16(20)17(21)12-14/h2-7,12H,8-11H2,1H3,(H,22,26). The van der Waals surface area contributed by atoms with Crippen LogP contribution in [0.2, 0.25) is 0 Å². The molecule has 0 saturated carbocycles. The van der Waals surface area contributed by atoms with Crippen LogP contribution in [0, 0.1) is 11.6 Å². The van der Waals surface area contributed by atoms with Gasteiger partial charge in [0, 0.05) is 43.6 Å². The van der Waals surface area contributed by atoms with E-state index in [9.17, 15) is 18.4 Å². The summed E-state index contributed by atoms with van der Waals surface area (Å²) in [6, 6.07) is 9.95. The number of halogens is 2. The van der Waals surface area contributed by atoms with Crippen LogP contribution in [0.5, 0.6) is 0 Å². The van der Waals surface area contributed by atoms with Gasteiger partial charge in [0.2, 0.25) is 0 Å². The molecule has 2 aromatic carbocycles. The molecule has 0 radical (unpaired) electrons. The number of carbonyl (C=O) groups excluding carboxylic acids is 2. The van der Waals surface area contributed by atoms with E-state index in [1.54, 1.807) is 17.0 Å². The molecule has 0 aliphatic carbocycles. The summed E-state index contributed by atoms with van der Waals surface area (Å²) in [5.41, 5.74) is 1.63. The second-order valence-corrected chi connectivity index (χ2v) is 6.07. The summed E-state index contributed by atoms with van der Waals surface area (Å²) in [6.45, 7) is 2.19. The predicted molar refractivity (Wildman–Crippen MR) is 96.9 cm³/mol. The Bertz CT molecular complexity index is 835. The van der Waals surface area contributed by atoms with Crippen molar-refractivity contribution in [3.05, 3.63) is 59.7 Å². The first-order chi connectivity index (χ1) is 13.0. The highest BCUT2D eigenvalue weighted by atomic mass is 19.2. The zero-order valence-electron chi connectivity index (χ0n) is 14.7. The van der Waals surface area contributed by atoms with Gasteiger partial charge in [-0.1, -0.05) is 0 Å². The molecule has 1 aliphatic rings. The van der Waals surface area contributed by atoms with Crippen molar-refractivity contribution in [2.45, 2.75) is 0 Å². The highest BCUT2D eigenvalue weighted by Gasteiger charge is 2.22. The normalized spacial score (nSPS) is 14.0. The molecule has 0 unspecified atom stereocenters. The summed E-state index contributed by atoms with van der Waals surface area (Å²) in [5.74, 6) is -2.35. The predicted octanol–water partition coefficient (Wildman–Crippen LogP) is 3.11. The van der Waals surface area contributed by atoms with Gasteiger partial charge in [-0.05, 0) is 36.4 Å². The van der Waals surface area contributed by atoms with E-state index < -0.39 is 11.6 Å². The van der Waals surface area contributed by atoms with Crippen molar-refractivity contribution in [3.8, 4) is 0 Å². The molecule has 1 heterocycles. The lowest BCUT2D eigenvalue weighted by molar-refractivity contribution is 0.0600. The number of amides is 2. The minimum atomic E-state index is -1.01. The van der Waals surface area contributed by atoms with Crippen LogP contribution in [0.4, 0.5) is 25.0 Å². The molecular weight excluding hydrogens is 356 g/mol. The van der Waals surface area contributed by atoms with Gasteiger partial charge in [-0.3, -0.25) is 0 Å². The quantitative estimate of drug-likeness (QED) is 0.838. The molecule has 6 nitrogen and oxygen atoms in total. The fraction of sp³-hybridized carbons (Fsp3) is 0.263. The smallest absolute Gasteiger partial charge is 0.337 e. The van der Waals surface area contributed by atoms with E-state index in [0.29, 0.717) is 31.7 Å². The van der Waals surface area contributed by atoms with Gasteiger partial charge in [-0.15, -0.1) is 0 Å². The van der Waals surface area contributed by atoms with Crippen molar-refractivity contribution >= 4 is 23.4 Å². The molecule has 0 atom stereocenters. The van der Waals surface area contributed by atoms with Gasteiger partial charge in [0.15, 0.2) is 11.6 Å². The third-order valence-electron chi connectivity index (χ3n) is 4.39. The minimum absolute atomic E-state index is 0.208. The Kier molecular flexibility index (Phi) is 5.54. The first-order valence-corrected chi connectivity index (χ1v) is 8.42. The number of piperazine rings is 1. The number of carbonyl (C=O) groups is 2. The number of nitrogens with zero attached hydrogens (tertiary/aromatic N) is 2. The topological polar surface area (TPSA) is 61.9 Å². The van der Waals surface area contributed by atoms with Crippen LogP contribution >= 0.6 is 0 Å². The second kappa shape index (κ2) is 8.03. The average Bonchev–Trinajstić information content (AvgIpc) is 2.70. The molecule has 0 spiro atoms. The Morgan fingerprint density at radius 1 is 0.963 bits per heavy atom. The van der Waals surface area contributed by atoms with E-state index in [0.717, 1.165) is 17.8 Å². The number of benzene rings is 2. The van der Waals surface area contributed by atoms with Crippen LogP contribution in [-0.4, -0.2) is 50.2 Å². The van der Waals surface area contributed by atoms with Gasteiger partial charge in [0.25, 0.3) is 0 Å². The number of hydrogen-bond donors (Lipinski definition) is 1. The van der Waals surface area contributed by atoms with Crippen molar-refractivity contribution in [1.29, 1.82) is 0 Å². The highest BCUT2D eigenvalue weighted by molar-refractivity contribution is 5.90. The molecule has 3 rings (SSSR count). The lowest BCUT2D eigenvalue weighted by Gasteiger charge is -2.36. The molecule has 0 bridgehead atoms. The van der Waals surface area contributed by atoms with Crippen molar-refractivity contribution in [1.82, 2.24) is 4.90 Å². The van der Waals surface area contributed by atoms with Crippen molar-refractivity contribution < 1.29 is 23.1 Å². The highest BCUT2D eigenvalue weighted by Crippen LogP contribution is 2.19. The number of methoxy groups -OCH3 is 1. The number of anilines is 2. The lowest BCUT2D eigenvalue weighted by atomic mass is 10.2. The fourth-order valence-electron chi connectivity index (χ4n) is 2.87. The Morgan fingerprint density at radius 2 is 1.63 bits per heavy atom. The number of rotatable bonds is 3. The largest absolute Gasteiger partial charge is 0.465 e. The van der Waals surface area contributed by atoms with Gasteiger partial charge in [-0.25, -0.2) is 18.4 Å². The molecule has 142 valence electrons. The summed E-state index contributed by atoms with van der Waals surface area (Å²) < 4.78 is 30.9. The Morgan fingerprint density at radius 3 is 2.22 bits per heavy atom. The summed E-state index contributed by atoms with van der Waals surface area (Å²) in [4.78, 5) is 27.5. The van der Waals surface area contributed by atoms with E-state index in [4.69, 9.17) is 0 Å². The molecule has 8 heteroatoms. The monoisotopic (exact) mass is 375 g/mol. The molecule has 1 N–H and O–H groups in total. The van der Waals surface area contributed by atoms with Gasteiger partial charge >= 0.3 is 12.0 Å². The maximum absolute atomic E-state index is 13.2. The van der Waals surface area contributed by atoms with E-state index >= 15 is 0 Å². The molecule has 0 aromatic heterocycles. The molecular formula is C19H19F2N3O3. The Balaban J connectivity index is 1.55. The van der Waals surface area contributed by atoms with Crippen LogP contribution in [0.1, 0.15) is 10.4 Å². The number of ether oxygens (including phenoxy) is 1. The van der Waals surface area contributed by atoms with Crippen LogP contribution in [-0.2, 0) is 4.74 Å². The minimum Gasteiger partial charge on any atom is -0.465 e. The summed E-state index contributed by atoms with van der Waals surface area (Å²) in [7, 11) is 1.33. The van der Waals surface area contributed by atoms with Crippen LogP contribution in [0.25, 0.3) is 0 Å². The molecule has 1 aliphatic heterocycles. The van der Waals surface area contributed by atoms with Gasteiger partial charge < -0.3 is 19.9 Å². The van der Waals surface area contributed by atoms with Crippen molar-refractivity contribution in [3.63, 3.8) is 0 Å². The Labute approximate surface area is 155 Å². The lowest BCUT2D eigenvalue weighted by Crippen LogP contribution is -2.50. The van der Waals surface area contributed by atoms with E-state index in [-0.39, 0.29) is 17.7 Å². The van der Waals surface area contributed by atoms with E-state index in [1.165, 1.54) is 13.2 Å². The Hall–Kier alpha value is -3.16. The number of nitrogens with one attached hydrogen (secondary N) is 1. The number of urea groups is 1. The number of hydrogen-bond acceptors (Lipinski definition) is 4. The van der Waals surface area contributed by atoms with Crippen molar-refractivity contribution in [2.75, 3.05) is 43.5 Å². The zero-order chi connectivity index (χ0) is 19.4. The average molecular weight is 375 g/mol. The SMILES string of the molecule is COC(=O)c1ccc(N2CCN(C(=O)Nc3ccc(F)c(F)c3)CC2)cc1. The molecule has 27 heavy (non-hydrogen) atoms. The maximum Gasteiger partial charge on any atom is 0.337 e. The first kappa shape index (κ1) is 18.6. The molecule has 2 amide bonds. The zero-order valence-corrected chi connectivity index (χ0v) is 14.7. The summed E-state index contributed by atoms with van der Waals surface area (Å²) >= 11 is 0. The summed E-state index contributed by atoms with van der Waals surface area (Å²) in [5, 5.41) is 2.57. The van der Waals surface area contributed by atoms with Crippen LogP contribution < -0.4 is 10.2 Å². The third kappa shape index (κ3) is 4.33. The van der Waals surface area contributed by atoms with E-state index in [2.05, 4.69) is 15.0 Å². The number of esters is 1. The first-order valence-electron chi connectivity index (χ1n) is 8.42. The molecule has 1 fully saturated rings. The van der Waals surface area contributed by atoms with Gasteiger partial charge in [-0.2, -0.15) is 0 Å². The van der Waals surface area contributed by atoms with E-state index in [1.807, 2.05) is 12.1 Å². The summed E-state index contributed by atoms with van der Waals surface area (Å²) in [6.07, 6.45) is 0. The van der Waals surface area contributed by atoms with Gasteiger partial charge in [0.1, 0.15) is 0 Å². The third-order valence-corrected chi connectivity index (χ3v) is 4.39. The molecule has 2 aromatic rings.